The first kappa shape index (κ1) is 49.8. The molecular weight excluding hydrogens is 989 g/mol. The molecule has 1 saturated heterocycles. The molecule has 4 heterocycles. The van der Waals surface area contributed by atoms with Gasteiger partial charge in [0.05, 0.1) is 11.3 Å². The van der Waals surface area contributed by atoms with Gasteiger partial charge in [0.1, 0.15) is 33.4 Å². The molecule has 0 bridgehead atoms. The molecule has 2 aromatic heterocycles. The molecule has 72 heavy (non-hydrogen) atoms. The number of nitrogens with one attached hydrogen (secondary N) is 2. The van der Waals surface area contributed by atoms with Gasteiger partial charge in [0.2, 0.25) is 5.60 Å². The Morgan fingerprint density at radius 1 is 0.806 bits per heavy atom. The van der Waals surface area contributed by atoms with E-state index in [1.807, 2.05) is 152 Å². The number of hydrogen-bond donors (Lipinski definition) is 2. The number of hydrogen-bond acceptors (Lipinski definition) is 15. The van der Waals surface area contributed by atoms with Crippen LogP contribution in [-0.2, 0) is 41.3 Å². The molecule has 2 atom stereocenters. The molecule has 7 aromatic rings. The lowest BCUT2D eigenvalue weighted by Gasteiger charge is -2.49. The van der Waals surface area contributed by atoms with Crippen LogP contribution in [0.1, 0.15) is 60.4 Å². The fourth-order valence-corrected chi connectivity index (χ4v) is 12.4. The number of thioether (sulfide) groups is 3. The number of esters is 1. The fraction of sp³-hybridized carbons (Fsp3) is 0.208. The van der Waals surface area contributed by atoms with Crippen LogP contribution in [0.5, 0.6) is 0 Å². The van der Waals surface area contributed by atoms with Crippen molar-refractivity contribution in [3.8, 4) is 0 Å². The van der Waals surface area contributed by atoms with Crippen molar-refractivity contribution in [3.63, 3.8) is 0 Å². The van der Waals surface area contributed by atoms with Gasteiger partial charge in [-0.15, -0.1) is 40.0 Å². The number of benzene rings is 5. The van der Waals surface area contributed by atoms with Crippen molar-refractivity contribution in [1.29, 1.82) is 0 Å². The van der Waals surface area contributed by atoms with Crippen molar-refractivity contribution in [2.45, 2.75) is 54.5 Å². The van der Waals surface area contributed by atoms with E-state index >= 15 is 0 Å². The van der Waals surface area contributed by atoms with Crippen LogP contribution in [0.3, 0.4) is 0 Å². The zero-order valence-corrected chi connectivity index (χ0v) is 42.7. The van der Waals surface area contributed by atoms with Gasteiger partial charge in [0.15, 0.2) is 16.9 Å². The fourth-order valence-electron chi connectivity index (χ4n) is 8.03. The Morgan fingerprint density at radius 2 is 1.36 bits per heavy atom. The lowest BCUT2D eigenvalue weighted by atomic mass is 9.80. The summed E-state index contributed by atoms with van der Waals surface area (Å²) in [4.78, 5) is 70.7. The maximum atomic E-state index is 15.0. The van der Waals surface area contributed by atoms with E-state index in [4.69, 9.17) is 14.3 Å². The molecule has 1 fully saturated rings. The molecule has 2 aliphatic rings. The quantitative estimate of drug-likeness (QED) is 0.0168. The number of oxime groups is 1. The molecular formula is C53H48N8O7S4. The van der Waals surface area contributed by atoms with Gasteiger partial charge in [-0.25, -0.2) is 14.6 Å². The topological polar surface area (TPSA) is 179 Å². The van der Waals surface area contributed by atoms with Crippen molar-refractivity contribution in [1.82, 2.24) is 30.2 Å². The highest BCUT2D eigenvalue weighted by Gasteiger charge is 2.55. The molecule has 2 aliphatic heterocycles. The van der Waals surface area contributed by atoms with Crippen molar-refractivity contribution in [2.75, 3.05) is 16.2 Å². The highest BCUT2D eigenvalue weighted by atomic mass is 32.2. The molecule has 5 aromatic carbocycles. The number of rotatable bonds is 17. The number of carbonyl (C=O) groups is 4. The van der Waals surface area contributed by atoms with Gasteiger partial charge >= 0.3 is 12.1 Å². The Morgan fingerprint density at radius 3 is 1.89 bits per heavy atom. The number of ether oxygens (including phenoxy) is 2. The van der Waals surface area contributed by atoms with Crippen LogP contribution in [0.2, 0.25) is 0 Å². The maximum absolute atomic E-state index is 15.0. The first-order valence-electron chi connectivity index (χ1n) is 22.7. The van der Waals surface area contributed by atoms with Gasteiger partial charge in [-0.1, -0.05) is 174 Å². The van der Waals surface area contributed by atoms with Gasteiger partial charge in [-0.3, -0.25) is 24.5 Å². The minimum Gasteiger partial charge on any atom is -0.448 e. The molecule has 0 spiro atoms. The molecule has 0 aliphatic carbocycles. The van der Waals surface area contributed by atoms with E-state index in [0.717, 1.165) is 39.2 Å². The van der Waals surface area contributed by atoms with Crippen LogP contribution in [-0.4, -0.2) is 82.3 Å². The Bertz CT molecular complexity index is 2960. The van der Waals surface area contributed by atoms with Gasteiger partial charge in [0.25, 0.3) is 11.8 Å². The maximum Gasteiger partial charge on any atom is 0.413 e. The number of fused-ring (bicyclic) bond motifs is 1. The van der Waals surface area contributed by atoms with E-state index in [1.165, 1.54) is 40.2 Å². The summed E-state index contributed by atoms with van der Waals surface area (Å²) in [5.74, 6) is -1.67. The predicted octanol–water partition coefficient (Wildman–Crippen LogP) is 9.76. The average Bonchev–Trinajstić information content (AvgIpc) is 4.04. The van der Waals surface area contributed by atoms with Crippen LogP contribution < -0.4 is 10.6 Å². The highest BCUT2D eigenvalue weighted by molar-refractivity contribution is 8.18. The minimum atomic E-state index is -1.39. The monoisotopic (exact) mass is 1040 g/mol. The summed E-state index contributed by atoms with van der Waals surface area (Å²) in [5.41, 5.74) is 1.38. The highest BCUT2D eigenvalue weighted by Crippen LogP contribution is 2.46. The molecule has 19 heteroatoms. The van der Waals surface area contributed by atoms with Gasteiger partial charge in [0, 0.05) is 39.8 Å². The van der Waals surface area contributed by atoms with Crippen molar-refractivity contribution in [2.24, 2.45) is 12.2 Å². The normalized spacial score (nSPS) is 15.9. The van der Waals surface area contributed by atoms with E-state index in [-0.39, 0.29) is 22.2 Å². The molecule has 1 unspecified atom stereocenters. The molecule has 366 valence electrons. The van der Waals surface area contributed by atoms with Gasteiger partial charge < -0.3 is 19.6 Å². The third-order valence-electron chi connectivity index (χ3n) is 11.2. The Balaban J connectivity index is 1.05. The lowest BCUT2D eigenvalue weighted by Crippen LogP contribution is -2.71. The van der Waals surface area contributed by atoms with Crippen molar-refractivity contribution >= 4 is 81.3 Å². The van der Waals surface area contributed by atoms with E-state index in [0.29, 0.717) is 20.8 Å². The van der Waals surface area contributed by atoms with Crippen molar-refractivity contribution in [3.05, 3.63) is 207 Å². The largest absolute Gasteiger partial charge is 0.448 e. The minimum absolute atomic E-state index is 0.0582. The summed E-state index contributed by atoms with van der Waals surface area (Å²) in [6.07, 6.45) is 0.280. The second-order valence-corrected chi connectivity index (χ2v) is 21.7. The zero-order valence-electron chi connectivity index (χ0n) is 39.4. The molecule has 15 nitrogen and oxygen atoms in total. The summed E-state index contributed by atoms with van der Waals surface area (Å²) >= 11 is 5.32. The summed E-state index contributed by atoms with van der Waals surface area (Å²) in [7, 11) is 1.78. The number of carbonyl (C=O) groups excluding carboxylic acids is 4. The van der Waals surface area contributed by atoms with E-state index < -0.39 is 52.6 Å². The number of thiazole rings is 1. The second kappa shape index (κ2) is 22.1. The first-order chi connectivity index (χ1) is 34.9. The Hall–Kier alpha value is -7.19. The number of nitrogens with zero attached hydrogens (tertiary/aromatic N) is 6. The molecule has 3 amide bonds. The molecule has 0 saturated carbocycles. The second-order valence-electron chi connectivity index (χ2n) is 17.4. The molecule has 2 N–H and O–H groups in total. The number of aryl methyl sites for hydroxylation is 1. The smallest absolute Gasteiger partial charge is 0.413 e. The van der Waals surface area contributed by atoms with Gasteiger partial charge in [-0.2, -0.15) is 0 Å². The molecule has 0 radical (unpaired) electrons. The molecule has 9 rings (SSSR count). The van der Waals surface area contributed by atoms with Crippen LogP contribution >= 0.6 is 46.6 Å². The van der Waals surface area contributed by atoms with Crippen LogP contribution in [0, 0.1) is 0 Å². The summed E-state index contributed by atoms with van der Waals surface area (Å²) < 4.78 is 13.5. The number of β-lactam (4-membered cyclic amide) rings is 1. The van der Waals surface area contributed by atoms with E-state index in [2.05, 4.69) is 31.1 Å². The third kappa shape index (κ3) is 11.1. The van der Waals surface area contributed by atoms with E-state index in [9.17, 15) is 19.2 Å². The van der Waals surface area contributed by atoms with Crippen LogP contribution in [0.15, 0.2) is 184 Å². The Labute approximate surface area is 432 Å². The van der Waals surface area contributed by atoms with E-state index in [1.54, 1.807) is 44.1 Å². The SMILES string of the molecule is Cn1cc(SCSC2=C(C(=O)OC(c3ccccc3)c3ccccc3)N3C(=O)C(NC(=O)/C(=N\OC(c4ccccc4)(c4ccccc4)c4ccccc4)c4csc(NC(=O)OC(C)(C)C)n4)[C@@H]3SC2)nn1. The zero-order chi connectivity index (χ0) is 50.2. The summed E-state index contributed by atoms with van der Waals surface area (Å²) in [6, 6.07) is 46.3. The third-order valence-corrected chi connectivity index (χ3v) is 15.6. The lowest BCUT2D eigenvalue weighted by molar-refractivity contribution is -0.154. The standard InChI is InChI=1S/C53H48N8O7S4/c1-52(2,3)67-51(65)56-50-54-39(31-70-50)42(58-68-53(36-24-14-7-15-25-36,37-26-16-8-17-27-37)38-28-18-9-19-29-38)46(62)55-43-47(63)61-44(40(32-69-48(43)61)71-33-72-41-30-60(4)59-57-41)49(64)66-45(34-20-10-5-11-21-34)35-22-12-6-13-23-35/h5-31,43,45,48H,32-33H2,1-4H3,(H,55,62)(H,54,56,65)/b58-42-/t43?,48-/m0/s1. The average molecular weight is 1040 g/mol. The summed E-state index contributed by atoms with van der Waals surface area (Å²) in [6.45, 7) is 5.23. The van der Waals surface area contributed by atoms with Crippen molar-refractivity contribution < 1.29 is 33.5 Å². The van der Waals surface area contributed by atoms with Crippen LogP contribution in [0.25, 0.3) is 0 Å². The number of aromatic nitrogens is 4. The van der Waals surface area contributed by atoms with Gasteiger partial charge in [-0.05, 0) is 31.9 Å². The predicted molar refractivity (Wildman–Crippen MR) is 281 cm³/mol. The van der Waals surface area contributed by atoms with Crippen LogP contribution in [0.4, 0.5) is 9.93 Å². The number of anilines is 1. The summed E-state index contributed by atoms with van der Waals surface area (Å²) in [5, 5.41) is 20.6. The number of amides is 3. The Kier molecular flexibility index (Phi) is 15.3. The first-order valence-corrected chi connectivity index (χ1v) is 26.6.